The van der Waals surface area contributed by atoms with Crippen LogP contribution >= 0.6 is 0 Å². The third-order valence-corrected chi connectivity index (χ3v) is 2.20. The Morgan fingerprint density at radius 1 is 1.25 bits per heavy atom. The molecule has 0 radical (unpaired) electrons. The van der Waals surface area contributed by atoms with Crippen molar-refractivity contribution in [2.24, 2.45) is 0 Å². The van der Waals surface area contributed by atoms with E-state index >= 15 is 0 Å². The van der Waals surface area contributed by atoms with Gasteiger partial charge in [-0.2, -0.15) is 0 Å². The molecule has 16 heavy (non-hydrogen) atoms. The fourth-order valence-electron chi connectivity index (χ4n) is 1.21. The molecule has 4 heteroatoms. The van der Waals surface area contributed by atoms with Gasteiger partial charge in [0.1, 0.15) is 0 Å². The van der Waals surface area contributed by atoms with Crippen LogP contribution < -0.4 is 5.32 Å². The Balaban J connectivity index is 3.96. The Morgan fingerprint density at radius 2 is 1.94 bits per heavy atom. The number of likely N-dealkylation sites (N-methyl/N-ethyl adjacent to an activating group) is 2. The van der Waals surface area contributed by atoms with E-state index in [1.54, 1.807) is 6.08 Å². The molecule has 0 unspecified atom stereocenters. The van der Waals surface area contributed by atoms with Crippen molar-refractivity contribution in [1.29, 1.82) is 0 Å². The fraction of sp³-hybridized carbons (Fsp3) is 0.667. The fourth-order valence-corrected chi connectivity index (χ4v) is 1.21. The number of carbonyl (C=O) groups is 2. The summed E-state index contributed by atoms with van der Waals surface area (Å²) >= 11 is 0. The van der Waals surface area contributed by atoms with Crippen LogP contribution in [-0.4, -0.2) is 42.8 Å². The van der Waals surface area contributed by atoms with Crippen LogP contribution in [0.25, 0.3) is 0 Å². The van der Waals surface area contributed by atoms with E-state index in [-0.39, 0.29) is 11.7 Å². The molecule has 0 aromatic rings. The van der Waals surface area contributed by atoms with Gasteiger partial charge in [0.05, 0.1) is 6.54 Å². The third-order valence-electron chi connectivity index (χ3n) is 2.20. The summed E-state index contributed by atoms with van der Waals surface area (Å²) in [5, 5.41) is 2.75. The number of hydrogen-bond donors (Lipinski definition) is 1. The maximum atomic E-state index is 11.3. The standard InChI is InChI=1S/C12H22N2O2/c1-4-11(15)8-7-9-14(6-3)10-12(16)13-5-2/h7-8H,4-6,9-10H2,1-3H3,(H,13,16)/b8-7+. The molecule has 0 fully saturated rings. The minimum atomic E-state index is 0.0274. The van der Waals surface area contributed by atoms with Gasteiger partial charge in [0, 0.05) is 19.5 Å². The monoisotopic (exact) mass is 226 g/mol. The molecule has 4 nitrogen and oxygen atoms in total. The highest BCUT2D eigenvalue weighted by Crippen LogP contribution is 1.90. The predicted octanol–water partition coefficient (Wildman–Crippen LogP) is 0.980. The number of carbonyl (C=O) groups excluding carboxylic acids is 2. The Bertz CT molecular complexity index is 249. The minimum Gasteiger partial charge on any atom is -0.355 e. The Morgan fingerprint density at radius 3 is 2.44 bits per heavy atom. The quantitative estimate of drug-likeness (QED) is 0.628. The zero-order valence-electron chi connectivity index (χ0n) is 10.5. The lowest BCUT2D eigenvalue weighted by atomic mass is 10.3. The Hall–Kier alpha value is -1.16. The first-order valence-corrected chi connectivity index (χ1v) is 5.82. The van der Waals surface area contributed by atoms with Crippen LogP contribution in [0, 0.1) is 0 Å². The van der Waals surface area contributed by atoms with Gasteiger partial charge in [0.25, 0.3) is 0 Å². The van der Waals surface area contributed by atoms with Gasteiger partial charge in [0.2, 0.25) is 5.91 Å². The van der Waals surface area contributed by atoms with Crippen molar-refractivity contribution in [2.45, 2.75) is 27.2 Å². The summed E-state index contributed by atoms with van der Waals surface area (Å²) in [4.78, 5) is 24.3. The lowest BCUT2D eigenvalue weighted by molar-refractivity contribution is -0.122. The van der Waals surface area contributed by atoms with E-state index < -0.39 is 0 Å². The second-order valence-corrected chi connectivity index (χ2v) is 3.50. The second-order valence-electron chi connectivity index (χ2n) is 3.50. The van der Waals surface area contributed by atoms with Crippen LogP contribution in [0.2, 0.25) is 0 Å². The van der Waals surface area contributed by atoms with E-state index in [2.05, 4.69) is 5.32 Å². The largest absolute Gasteiger partial charge is 0.355 e. The SMILES string of the molecule is CCNC(=O)CN(CC)C/C=C/C(=O)CC. The average molecular weight is 226 g/mol. The molecule has 0 aromatic carbocycles. The van der Waals surface area contributed by atoms with Crippen molar-refractivity contribution >= 4 is 11.7 Å². The van der Waals surface area contributed by atoms with E-state index in [1.807, 2.05) is 31.7 Å². The summed E-state index contributed by atoms with van der Waals surface area (Å²) in [5.41, 5.74) is 0. The molecular formula is C12H22N2O2. The molecule has 0 bridgehead atoms. The topological polar surface area (TPSA) is 49.4 Å². The van der Waals surface area contributed by atoms with E-state index in [0.717, 1.165) is 6.54 Å². The summed E-state index contributed by atoms with van der Waals surface area (Å²) in [6.45, 7) is 8.19. The predicted molar refractivity (Wildman–Crippen MR) is 65.2 cm³/mol. The van der Waals surface area contributed by atoms with Crippen molar-refractivity contribution < 1.29 is 9.59 Å². The zero-order chi connectivity index (χ0) is 12.4. The van der Waals surface area contributed by atoms with Gasteiger partial charge in [-0.1, -0.05) is 19.9 Å². The molecule has 0 aliphatic heterocycles. The average Bonchev–Trinajstić information content (AvgIpc) is 2.27. The number of allylic oxidation sites excluding steroid dienone is 1. The highest BCUT2D eigenvalue weighted by molar-refractivity contribution is 5.89. The molecule has 0 heterocycles. The first-order valence-electron chi connectivity index (χ1n) is 5.82. The van der Waals surface area contributed by atoms with Crippen LogP contribution in [0.15, 0.2) is 12.2 Å². The number of ketones is 1. The molecule has 0 aliphatic carbocycles. The van der Waals surface area contributed by atoms with Crippen LogP contribution in [0.1, 0.15) is 27.2 Å². The first kappa shape index (κ1) is 14.8. The number of hydrogen-bond acceptors (Lipinski definition) is 3. The van der Waals surface area contributed by atoms with Crippen LogP contribution in [0.4, 0.5) is 0 Å². The van der Waals surface area contributed by atoms with Crippen LogP contribution in [0.5, 0.6) is 0 Å². The Kier molecular flexibility index (Phi) is 8.43. The molecule has 0 aromatic heterocycles. The van der Waals surface area contributed by atoms with Gasteiger partial charge in [-0.3, -0.25) is 14.5 Å². The molecule has 0 rings (SSSR count). The molecule has 0 aliphatic rings. The first-order chi connectivity index (χ1) is 7.63. The number of amides is 1. The van der Waals surface area contributed by atoms with Gasteiger partial charge in [0.15, 0.2) is 5.78 Å². The van der Waals surface area contributed by atoms with Gasteiger partial charge in [-0.15, -0.1) is 0 Å². The summed E-state index contributed by atoms with van der Waals surface area (Å²) in [6, 6.07) is 0. The number of rotatable bonds is 8. The van der Waals surface area contributed by atoms with Crippen LogP contribution in [-0.2, 0) is 9.59 Å². The van der Waals surface area contributed by atoms with Crippen molar-refractivity contribution in [3.63, 3.8) is 0 Å². The molecule has 0 atom stereocenters. The van der Waals surface area contributed by atoms with Crippen molar-refractivity contribution in [3.05, 3.63) is 12.2 Å². The normalized spacial score (nSPS) is 11.0. The summed E-state index contributed by atoms with van der Waals surface area (Å²) in [5.74, 6) is 0.147. The smallest absolute Gasteiger partial charge is 0.234 e. The molecule has 0 spiro atoms. The molecular weight excluding hydrogens is 204 g/mol. The number of nitrogens with one attached hydrogen (secondary N) is 1. The highest BCUT2D eigenvalue weighted by atomic mass is 16.2. The molecule has 1 amide bonds. The van der Waals surface area contributed by atoms with Crippen molar-refractivity contribution in [2.75, 3.05) is 26.2 Å². The van der Waals surface area contributed by atoms with Crippen molar-refractivity contribution in [1.82, 2.24) is 10.2 Å². The zero-order valence-corrected chi connectivity index (χ0v) is 10.5. The molecule has 0 saturated heterocycles. The maximum absolute atomic E-state index is 11.3. The van der Waals surface area contributed by atoms with E-state index in [1.165, 1.54) is 0 Å². The van der Waals surface area contributed by atoms with E-state index in [9.17, 15) is 9.59 Å². The Labute approximate surface area is 97.7 Å². The maximum Gasteiger partial charge on any atom is 0.234 e. The lowest BCUT2D eigenvalue weighted by Crippen LogP contribution is -2.37. The summed E-state index contributed by atoms with van der Waals surface area (Å²) in [6.07, 6.45) is 3.92. The van der Waals surface area contributed by atoms with E-state index in [0.29, 0.717) is 26.1 Å². The molecule has 1 N–H and O–H groups in total. The molecule has 92 valence electrons. The summed E-state index contributed by atoms with van der Waals surface area (Å²) in [7, 11) is 0. The van der Waals surface area contributed by atoms with Crippen molar-refractivity contribution in [3.8, 4) is 0 Å². The van der Waals surface area contributed by atoms with Crippen LogP contribution in [0.3, 0.4) is 0 Å². The number of nitrogens with zero attached hydrogens (tertiary/aromatic N) is 1. The lowest BCUT2D eigenvalue weighted by Gasteiger charge is -2.17. The third kappa shape index (κ3) is 7.17. The summed E-state index contributed by atoms with van der Waals surface area (Å²) < 4.78 is 0. The van der Waals surface area contributed by atoms with Gasteiger partial charge < -0.3 is 5.32 Å². The minimum absolute atomic E-state index is 0.0274. The molecule has 0 saturated carbocycles. The highest BCUT2D eigenvalue weighted by Gasteiger charge is 2.05. The van der Waals surface area contributed by atoms with E-state index in [4.69, 9.17) is 0 Å². The van der Waals surface area contributed by atoms with Gasteiger partial charge in [-0.05, 0) is 19.5 Å². The second kappa shape index (κ2) is 9.09. The van der Waals surface area contributed by atoms with Gasteiger partial charge >= 0.3 is 0 Å². The van der Waals surface area contributed by atoms with Gasteiger partial charge in [-0.25, -0.2) is 0 Å².